The number of carbonyl (C=O) groups is 1. The van der Waals surface area contributed by atoms with Gasteiger partial charge in [0, 0.05) is 22.4 Å². The third-order valence-corrected chi connectivity index (χ3v) is 2.68. The van der Waals surface area contributed by atoms with E-state index in [9.17, 15) is 18.0 Å². The van der Waals surface area contributed by atoms with Crippen molar-refractivity contribution in [1.82, 2.24) is 4.98 Å². The molecule has 1 aromatic heterocycles. The highest BCUT2D eigenvalue weighted by Crippen LogP contribution is 2.25. The number of rotatable bonds is 3. The summed E-state index contributed by atoms with van der Waals surface area (Å²) >= 11 is 3.17. The van der Waals surface area contributed by atoms with Crippen molar-refractivity contribution in [3.63, 3.8) is 0 Å². The van der Waals surface area contributed by atoms with Gasteiger partial charge in [-0.2, -0.15) is 0 Å². The summed E-state index contributed by atoms with van der Waals surface area (Å²) in [5, 5.41) is 2.46. The number of ether oxygens (including phenoxy) is 1. The molecule has 0 aliphatic carbocycles. The number of benzene rings is 1. The molecule has 0 spiro atoms. The number of alkyl halides is 3. The molecule has 0 atom stereocenters. The molecule has 0 saturated carbocycles. The summed E-state index contributed by atoms with van der Waals surface area (Å²) < 4.78 is 40.7. The van der Waals surface area contributed by atoms with Crippen LogP contribution in [0.4, 0.5) is 18.9 Å². The lowest BCUT2D eigenvalue weighted by Gasteiger charge is -2.10. The monoisotopic (exact) mass is 348 g/mol. The molecule has 1 aromatic carbocycles. The Hall–Kier alpha value is -1.96. The van der Waals surface area contributed by atoms with E-state index in [4.69, 9.17) is 0 Å². The van der Waals surface area contributed by atoms with Crippen LogP contribution in [0.25, 0.3) is 0 Å². The molecule has 20 heavy (non-hydrogen) atoms. The van der Waals surface area contributed by atoms with Crippen LogP contribution in [0.3, 0.4) is 0 Å². The predicted octanol–water partition coefficient (Wildman–Crippen LogP) is 3.93. The maximum absolute atomic E-state index is 12.1. The van der Waals surface area contributed by atoms with Crippen molar-refractivity contribution in [2.24, 2.45) is 0 Å². The summed E-state index contributed by atoms with van der Waals surface area (Å²) in [6.07, 6.45) is -3.20. The van der Waals surface area contributed by atoms with Crippen LogP contribution < -0.4 is 10.1 Å². The molecule has 2 rings (SSSR count). The van der Waals surface area contributed by atoms with Gasteiger partial charge in [-0.3, -0.25) is 4.79 Å². The number of amides is 1. The number of hydrogen-bond acceptors (Lipinski definition) is 2. The molecule has 0 unspecified atom stereocenters. The van der Waals surface area contributed by atoms with Gasteiger partial charge in [-0.05, 0) is 34.1 Å². The van der Waals surface area contributed by atoms with E-state index in [0.717, 1.165) is 12.1 Å². The number of hydrogen-bond donors (Lipinski definition) is 2. The van der Waals surface area contributed by atoms with Gasteiger partial charge in [-0.25, -0.2) is 0 Å². The standard InChI is InChI=1S/C12H8BrF3N2O2/c13-7-4-10(17-6-7)11(19)18-8-2-1-3-9(5-8)20-12(14,15)16/h1-6,17H,(H,18,19). The molecule has 0 aliphatic rings. The fourth-order valence-corrected chi connectivity index (χ4v) is 1.81. The summed E-state index contributed by atoms with van der Waals surface area (Å²) in [5.74, 6) is -0.872. The molecule has 1 heterocycles. The lowest BCUT2D eigenvalue weighted by molar-refractivity contribution is -0.274. The Balaban J connectivity index is 2.10. The molecule has 0 bridgehead atoms. The molecule has 106 valence electrons. The Morgan fingerprint density at radius 2 is 2.05 bits per heavy atom. The van der Waals surface area contributed by atoms with E-state index >= 15 is 0 Å². The zero-order valence-corrected chi connectivity index (χ0v) is 11.4. The average molecular weight is 349 g/mol. The van der Waals surface area contributed by atoms with Gasteiger partial charge in [0.2, 0.25) is 0 Å². The number of aromatic amines is 1. The Kier molecular flexibility index (Phi) is 4.03. The van der Waals surface area contributed by atoms with Crippen molar-refractivity contribution in [1.29, 1.82) is 0 Å². The summed E-state index contributed by atoms with van der Waals surface area (Å²) in [6, 6.07) is 6.59. The first-order valence-corrected chi connectivity index (χ1v) is 6.14. The maximum Gasteiger partial charge on any atom is 0.573 e. The zero-order chi connectivity index (χ0) is 14.8. The van der Waals surface area contributed by atoms with Gasteiger partial charge >= 0.3 is 6.36 Å². The van der Waals surface area contributed by atoms with Crippen molar-refractivity contribution >= 4 is 27.5 Å². The Morgan fingerprint density at radius 3 is 2.65 bits per heavy atom. The van der Waals surface area contributed by atoms with Crippen LogP contribution in [-0.4, -0.2) is 17.3 Å². The molecule has 0 radical (unpaired) electrons. The van der Waals surface area contributed by atoms with E-state index in [-0.39, 0.29) is 11.4 Å². The summed E-state index contributed by atoms with van der Waals surface area (Å²) in [4.78, 5) is 14.5. The van der Waals surface area contributed by atoms with E-state index in [1.807, 2.05) is 0 Å². The largest absolute Gasteiger partial charge is 0.573 e. The molecule has 0 aliphatic heterocycles. The first kappa shape index (κ1) is 14.4. The summed E-state index contributed by atoms with van der Waals surface area (Å²) in [6.45, 7) is 0. The summed E-state index contributed by atoms with van der Waals surface area (Å²) in [7, 11) is 0. The average Bonchev–Trinajstić information content (AvgIpc) is 2.74. The molecule has 2 aromatic rings. The van der Waals surface area contributed by atoms with Crippen molar-refractivity contribution in [3.05, 3.63) is 46.7 Å². The molecule has 0 fully saturated rings. The minimum atomic E-state index is -4.77. The van der Waals surface area contributed by atoms with Crippen LogP contribution in [0.1, 0.15) is 10.5 Å². The third kappa shape index (κ3) is 4.02. The minimum Gasteiger partial charge on any atom is -0.406 e. The van der Waals surface area contributed by atoms with E-state index in [1.54, 1.807) is 12.3 Å². The van der Waals surface area contributed by atoms with Gasteiger partial charge < -0.3 is 15.0 Å². The number of H-pyrrole nitrogens is 1. The first-order chi connectivity index (χ1) is 9.33. The fourth-order valence-electron chi connectivity index (χ4n) is 1.47. The molecule has 8 heteroatoms. The molecule has 2 N–H and O–H groups in total. The van der Waals surface area contributed by atoms with Crippen LogP contribution in [0.15, 0.2) is 41.0 Å². The van der Waals surface area contributed by atoms with Crippen LogP contribution in [0.2, 0.25) is 0 Å². The second-order valence-corrected chi connectivity index (χ2v) is 4.68. The Bertz CT molecular complexity index is 625. The quantitative estimate of drug-likeness (QED) is 0.882. The van der Waals surface area contributed by atoms with Crippen molar-refractivity contribution in [2.75, 3.05) is 5.32 Å². The van der Waals surface area contributed by atoms with Crippen molar-refractivity contribution in [3.8, 4) is 5.75 Å². The van der Waals surface area contributed by atoms with Crippen LogP contribution >= 0.6 is 15.9 Å². The molecule has 4 nitrogen and oxygen atoms in total. The second-order valence-electron chi connectivity index (χ2n) is 3.76. The van der Waals surface area contributed by atoms with Gasteiger partial charge in [-0.1, -0.05) is 6.07 Å². The van der Waals surface area contributed by atoms with E-state index < -0.39 is 18.0 Å². The molecule has 1 amide bonds. The Labute approximate surface area is 120 Å². The fraction of sp³-hybridized carbons (Fsp3) is 0.0833. The van der Waals surface area contributed by atoms with E-state index in [1.165, 1.54) is 12.1 Å². The van der Waals surface area contributed by atoms with E-state index in [2.05, 4.69) is 31.0 Å². The van der Waals surface area contributed by atoms with Crippen molar-refractivity contribution in [2.45, 2.75) is 6.36 Å². The first-order valence-electron chi connectivity index (χ1n) is 5.34. The van der Waals surface area contributed by atoms with E-state index in [0.29, 0.717) is 4.47 Å². The maximum atomic E-state index is 12.1. The van der Waals surface area contributed by atoms with Crippen LogP contribution in [0.5, 0.6) is 5.75 Å². The molecule has 0 saturated heterocycles. The predicted molar refractivity (Wildman–Crippen MR) is 69.6 cm³/mol. The van der Waals surface area contributed by atoms with Gasteiger partial charge in [0.25, 0.3) is 5.91 Å². The normalized spacial score (nSPS) is 11.2. The highest BCUT2D eigenvalue weighted by Gasteiger charge is 2.31. The van der Waals surface area contributed by atoms with Crippen molar-refractivity contribution < 1.29 is 22.7 Å². The van der Waals surface area contributed by atoms with Gasteiger partial charge in [0.1, 0.15) is 11.4 Å². The number of anilines is 1. The van der Waals surface area contributed by atoms with Crippen LogP contribution in [0, 0.1) is 0 Å². The third-order valence-electron chi connectivity index (χ3n) is 2.22. The lowest BCUT2D eigenvalue weighted by atomic mass is 10.3. The number of aromatic nitrogens is 1. The molecular weight excluding hydrogens is 341 g/mol. The number of nitrogens with one attached hydrogen (secondary N) is 2. The lowest BCUT2D eigenvalue weighted by Crippen LogP contribution is -2.17. The minimum absolute atomic E-state index is 0.197. The van der Waals surface area contributed by atoms with Crippen LogP contribution in [-0.2, 0) is 0 Å². The number of halogens is 4. The highest BCUT2D eigenvalue weighted by atomic mass is 79.9. The summed E-state index contributed by atoms with van der Waals surface area (Å²) in [5.41, 5.74) is 0.474. The molecular formula is C12H8BrF3N2O2. The zero-order valence-electron chi connectivity index (χ0n) is 9.79. The topological polar surface area (TPSA) is 54.1 Å². The Morgan fingerprint density at radius 1 is 1.30 bits per heavy atom. The smallest absolute Gasteiger partial charge is 0.406 e. The van der Waals surface area contributed by atoms with Gasteiger partial charge in [-0.15, -0.1) is 13.2 Å². The van der Waals surface area contributed by atoms with Gasteiger partial charge in [0.15, 0.2) is 0 Å². The SMILES string of the molecule is O=C(Nc1cccc(OC(F)(F)F)c1)c1cc(Br)c[nH]1. The van der Waals surface area contributed by atoms with Gasteiger partial charge in [0.05, 0.1) is 0 Å². The number of carbonyl (C=O) groups excluding carboxylic acids is 1. The highest BCUT2D eigenvalue weighted by molar-refractivity contribution is 9.10. The second kappa shape index (κ2) is 5.58.